The first-order valence-electron chi connectivity index (χ1n) is 21.1. The molecule has 0 atom stereocenters. The van der Waals surface area contributed by atoms with Crippen molar-refractivity contribution in [3.8, 4) is 0 Å². The Bertz CT molecular complexity index is 2200. The molecule has 2 aliphatic rings. The van der Waals surface area contributed by atoms with Gasteiger partial charge in [0, 0.05) is 37.4 Å². The first kappa shape index (κ1) is 49.5. The number of aryl methyl sites for hydroxylation is 2. The van der Waals surface area contributed by atoms with E-state index in [2.05, 4.69) is 25.9 Å². The Kier molecular flexibility index (Phi) is 15.6. The van der Waals surface area contributed by atoms with E-state index in [1.807, 2.05) is 56.3 Å². The number of ether oxygens (including phenoxy) is 4. The number of hydrogen-bond donors (Lipinski definition) is 3. The van der Waals surface area contributed by atoms with Crippen molar-refractivity contribution in [3.63, 3.8) is 0 Å². The summed E-state index contributed by atoms with van der Waals surface area (Å²) in [5.41, 5.74) is 4.05. The molecule has 63 heavy (non-hydrogen) atoms. The highest BCUT2D eigenvalue weighted by Crippen LogP contribution is 2.29. The van der Waals surface area contributed by atoms with Crippen LogP contribution >= 0.6 is 0 Å². The van der Waals surface area contributed by atoms with Crippen LogP contribution < -0.4 is 16.0 Å². The zero-order valence-corrected chi connectivity index (χ0v) is 39.3. The Morgan fingerprint density at radius 2 is 1.03 bits per heavy atom. The van der Waals surface area contributed by atoms with E-state index < -0.39 is 46.8 Å². The third-order valence-corrected chi connectivity index (χ3v) is 9.10. The van der Waals surface area contributed by atoms with Crippen LogP contribution in [0.3, 0.4) is 0 Å². The molecular weight excluding hydrogens is 807 g/mol. The minimum atomic E-state index is -0.830. The van der Waals surface area contributed by atoms with Crippen LogP contribution in [0.2, 0.25) is 0 Å². The van der Waals surface area contributed by atoms with Gasteiger partial charge in [0.15, 0.2) is 0 Å². The minimum absolute atomic E-state index is 0.0355. The second-order valence-corrected chi connectivity index (χ2v) is 19.4. The highest BCUT2D eigenvalue weighted by molar-refractivity contribution is 6.05. The van der Waals surface area contributed by atoms with Gasteiger partial charge in [-0.1, -0.05) is 24.3 Å². The summed E-state index contributed by atoms with van der Waals surface area (Å²) in [5, 5.41) is 8.29. The Balaban J connectivity index is 1.43. The van der Waals surface area contributed by atoms with Gasteiger partial charge < -0.3 is 34.1 Å². The summed E-state index contributed by atoms with van der Waals surface area (Å²) in [6.45, 7) is 26.4. The van der Waals surface area contributed by atoms with Crippen LogP contribution in [0, 0.1) is 13.8 Å². The maximum atomic E-state index is 13.5. The molecule has 0 aromatic heterocycles. The maximum absolute atomic E-state index is 13.5. The molecule has 16 nitrogen and oxygen atoms in total. The van der Waals surface area contributed by atoms with Crippen molar-refractivity contribution in [3.05, 3.63) is 76.4 Å². The molecule has 0 saturated heterocycles. The Morgan fingerprint density at radius 3 is 1.43 bits per heavy atom. The van der Waals surface area contributed by atoms with Crippen LogP contribution in [0.4, 0.5) is 24.9 Å². The molecule has 2 aliphatic heterocycles. The zero-order chi connectivity index (χ0) is 47.1. The fourth-order valence-corrected chi connectivity index (χ4v) is 6.48. The number of benzene rings is 2. The SMILES string of the molecule is Cc1cc(C2=CCN(C(=NC(=O)OC(C)(C)C)NC(=O)OC(C)(C)C)CC2)ccc1NC(=O)c1ccc(C2=CCN(C(=NC(=O)OC(C)(C)C)NC(=O)OC(C)(C)C)CC2)c(C)c1. The lowest BCUT2D eigenvalue weighted by molar-refractivity contribution is 0.0536. The van der Waals surface area contributed by atoms with Gasteiger partial charge in [-0.25, -0.2) is 19.2 Å². The first-order valence-corrected chi connectivity index (χ1v) is 21.1. The molecular formula is C47H65N7O9. The number of rotatable bonds is 4. The lowest BCUT2D eigenvalue weighted by atomic mass is 9.94. The fraction of sp³-hybridized carbons (Fsp3) is 0.511. The number of aliphatic imine (C=N–C) groups is 2. The predicted octanol–water partition coefficient (Wildman–Crippen LogP) is 9.37. The average Bonchev–Trinajstić information content (AvgIpc) is 3.12. The Morgan fingerprint density at radius 1 is 0.571 bits per heavy atom. The summed E-state index contributed by atoms with van der Waals surface area (Å²) in [7, 11) is 0. The Hall–Kier alpha value is -6.19. The molecule has 4 rings (SSSR count). The molecule has 16 heteroatoms. The summed E-state index contributed by atoms with van der Waals surface area (Å²) >= 11 is 0. The number of carbonyl (C=O) groups excluding carboxylic acids is 5. The van der Waals surface area contributed by atoms with Crippen molar-refractivity contribution in [2.24, 2.45) is 9.98 Å². The van der Waals surface area contributed by atoms with Crippen molar-refractivity contribution >= 4 is 59.0 Å². The Labute approximate surface area is 371 Å². The highest BCUT2D eigenvalue weighted by atomic mass is 16.6. The van der Waals surface area contributed by atoms with E-state index in [0.29, 0.717) is 50.3 Å². The molecule has 2 heterocycles. The van der Waals surface area contributed by atoms with Crippen molar-refractivity contribution < 1.29 is 42.9 Å². The zero-order valence-electron chi connectivity index (χ0n) is 39.3. The van der Waals surface area contributed by atoms with E-state index in [9.17, 15) is 24.0 Å². The van der Waals surface area contributed by atoms with Gasteiger partial charge in [0.1, 0.15) is 22.4 Å². The first-order chi connectivity index (χ1) is 29.0. The lowest BCUT2D eigenvalue weighted by Crippen LogP contribution is -2.48. The van der Waals surface area contributed by atoms with Crippen LogP contribution in [0.1, 0.15) is 129 Å². The number of amides is 5. The number of carbonyl (C=O) groups is 5. The summed E-state index contributed by atoms with van der Waals surface area (Å²) in [5.74, 6) is -0.172. The maximum Gasteiger partial charge on any atom is 0.437 e. The average molecular weight is 872 g/mol. The number of alkyl carbamates (subject to hydrolysis) is 2. The van der Waals surface area contributed by atoms with E-state index in [4.69, 9.17) is 18.9 Å². The lowest BCUT2D eigenvalue weighted by Gasteiger charge is -2.30. The molecule has 0 spiro atoms. The third kappa shape index (κ3) is 16.2. The van der Waals surface area contributed by atoms with Crippen LogP contribution in [0.15, 0.2) is 58.5 Å². The summed E-state index contributed by atoms with van der Waals surface area (Å²) in [4.78, 5) is 75.8. The van der Waals surface area contributed by atoms with Gasteiger partial charge in [-0.05, 0) is 167 Å². The van der Waals surface area contributed by atoms with Crippen LogP contribution in [-0.2, 0) is 18.9 Å². The minimum Gasteiger partial charge on any atom is -0.444 e. The van der Waals surface area contributed by atoms with Crippen molar-refractivity contribution in [2.75, 3.05) is 31.5 Å². The number of hydrogen-bond acceptors (Lipinski definition) is 9. The molecule has 0 radical (unpaired) electrons. The molecule has 2 aromatic rings. The topological polar surface area (TPSA) is 190 Å². The fourth-order valence-electron chi connectivity index (χ4n) is 6.48. The van der Waals surface area contributed by atoms with Gasteiger partial charge in [0.25, 0.3) is 5.91 Å². The van der Waals surface area contributed by atoms with Gasteiger partial charge in [-0.2, -0.15) is 0 Å². The molecule has 0 saturated carbocycles. The third-order valence-electron chi connectivity index (χ3n) is 9.10. The number of nitrogens with one attached hydrogen (secondary N) is 3. The number of guanidine groups is 2. The van der Waals surface area contributed by atoms with E-state index >= 15 is 0 Å². The molecule has 0 fully saturated rings. The summed E-state index contributed by atoms with van der Waals surface area (Å²) < 4.78 is 21.6. The molecule has 3 N–H and O–H groups in total. The van der Waals surface area contributed by atoms with Crippen LogP contribution in [0.5, 0.6) is 0 Å². The molecule has 342 valence electrons. The molecule has 5 amide bonds. The van der Waals surface area contributed by atoms with Crippen LogP contribution in [-0.4, -0.2) is 101 Å². The smallest absolute Gasteiger partial charge is 0.437 e. The summed E-state index contributed by atoms with van der Waals surface area (Å²) in [6, 6.07) is 11.4. The number of anilines is 1. The molecule has 0 bridgehead atoms. The molecule has 0 aliphatic carbocycles. The van der Waals surface area contributed by atoms with Gasteiger partial charge in [0.05, 0.1) is 0 Å². The van der Waals surface area contributed by atoms with Gasteiger partial charge in [0.2, 0.25) is 11.9 Å². The van der Waals surface area contributed by atoms with Crippen molar-refractivity contribution in [1.29, 1.82) is 0 Å². The monoisotopic (exact) mass is 871 g/mol. The largest absolute Gasteiger partial charge is 0.444 e. The van der Waals surface area contributed by atoms with E-state index in [1.54, 1.807) is 99.0 Å². The number of nitrogens with zero attached hydrogens (tertiary/aromatic N) is 4. The van der Waals surface area contributed by atoms with Crippen LogP contribution in [0.25, 0.3) is 11.1 Å². The molecule has 0 unspecified atom stereocenters. The second kappa shape index (κ2) is 19.9. The van der Waals surface area contributed by atoms with E-state index in [0.717, 1.165) is 33.4 Å². The van der Waals surface area contributed by atoms with Gasteiger partial charge in [-0.15, -0.1) is 9.98 Å². The van der Waals surface area contributed by atoms with E-state index in [1.165, 1.54) is 0 Å². The van der Waals surface area contributed by atoms with Crippen molar-refractivity contribution in [1.82, 2.24) is 20.4 Å². The molecule has 2 aromatic carbocycles. The summed E-state index contributed by atoms with van der Waals surface area (Å²) in [6.07, 6.45) is 2.07. The quantitative estimate of drug-likeness (QED) is 0.151. The normalized spacial score (nSPS) is 15.4. The highest BCUT2D eigenvalue weighted by Gasteiger charge is 2.27. The predicted molar refractivity (Wildman–Crippen MR) is 245 cm³/mol. The van der Waals surface area contributed by atoms with Gasteiger partial charge >= 0.3 is 24.4 Å². The van der Waals surface area contributed by atoms with Gasteiger partial charge in [-0.3, -0.25) is 15.4 Å². The van der Waals surface area contributed by atoms with Crippen molar-refractivity contribution in [2.45, 2.75) is 132 Å². The standard InChI is InChI=1S/C47H65N7O9/c1-29-27-34(15-17-35(29)32-21-25-54(26-22-32)39(51-42(58)62-46(9,10)11)52-43(59)63-47(12,13)14)37(55)48-36-18-16-33(28-30(36)2)31-19-23-53(24-20-31)38(49-40(56)60-44(3,4)5)50-41(57)61-45(6,7)8/h15-19,21,27-28H,20,22-26H2,1-14H3,(H,48,55)(H,49,50,56,57)(H,51,52,58,59). The van der Waals surface area contributed by atoms with E-state index in [-0.39, 0.29) is 17.8 Å². The second-order valence-electron chi connectivity index (χ2n) is 19.4.